The molecule has 0 saturated carbocycles. The molecular weight excluding hydrogens is 266 g/mol. The number of carbonyl (C=O) groups is 1. The van der Waals surface area contributed by atoms with Crippen LogP contribution in [0.4, 0.5) is 5.69 Å². The molecule has 5 heteroatoms. The lowest BCUT2D eigenvalue weighted by atomic mass is 10.1. The highest BCUT2D eigenvalue weighted by Crippen LogP contribution is 2.22. The van der Waals surface area contributed by atoms with Crippen molar-refractivity contribution in [2.24, 2.45) is 11.7 Å². The van der Waals surface area contributed by atoms with E-state index >= 15 is 0 Å². The molecule has 0 spiro atoms. The minimum Gasteiger partial charge on any atom is -0.457 e. The van der Waals surface area contributed by atoms with Gasteiger partial charge in [-0.05, 0) is 42.3 Å². The monoisotopic (exact) mass is 285 g/mol. The molecule has 0 aliphatic rings. The predicted octanol–water partition coefficient (Wildman–Crippen LogP) is 2.80. The van der Waals surface area contributed by atoms with Gasteiger partial charge in [0.2, 0.25) is 5.91 Å². The molecule has 5 nitrogen and oxygen atoms in total. The van der Waals surface area contributed by atoms with Crippen molar-refractivity contribution in [3.63, 3.8) is 0 Å². The van der Waals surface area contributed by atoms with E-state index in [2.05, 4.69) is 10.3 Å². The van der Waals surface area contributed by atoms with Gasteiger partial charge in [-0.25, -0.2) is 0 Å². The number of nitrogens with zero attached hydrogens (tertiary/aromatic N) is 1. The van der Waals surface area contributed by atoms with E-state index in [-0.39, 0.29) is 11.8 Å². The maximum atomic E-state index is 11.9. The number of ether oxygens (including phenoxy) is 1. The zero-order chi connectivity index (χ0) is 15.2. The molecule has 0 aliphatic heterocycles. The first-order valence-corrected chi connectivity index (χ1v) is 6.80. The topological polar surface area (TPSA) is 77.2 Å². The van der Waals surface area contributed by atoms with Crippen LogP contribution >= 0.6 is 0 Å². The molecule has 0 unspecified atom stereocenters. The van der Waals surface area contributed by atoms with Crippen LogP contribution in [0.15, 0.2) is 48.8 Å². The summed E-state index contributed by atoms with van der Waals surface area (Å²) in [7, 11) is 0. The molecule has 1 aromatic carbocycles. The fraction of sp³-hybridized carbons (Fsp3) is 0.250. The molecular formula is C16H19N3O2. The summed E-state index contributed by atoms with van der Waals surface area (Å²) in [6.07, 6.45) is 3.33. The molecule has 1 aromatic heterocycles. The number of pyridine rings is 1. The van der Waals surface area contributed by atoms with Crippen molar-refractivity contribution < 1.29 is 9.53 Å². The summed E-state index contributed by atoms with van der Waals surface area (Å²) in [5.74, 6) is 1.31. The largest absolute Gasteiger partial charge is 0.457 e. The van der Waals surface area contributed by atoms with Crippen LogP contribution in [0.5, 0.6) is 11.5 Å². The van der Waals surface area contributed by atoms with Crippen LogP contribution in [0.1, 0.15) is 13.8 Å². The first-order chi connectivity index (χ1) is 10.1. The van der Waals surface area contributed by atoms with Gasteiger partial charge in [0, 0.05) is 18.1 Å². The van der Waals surface area contributed by atoms with Crippen LogP contribution in [0, 0.1) is 5.92 Å². The second kappa shape index (κ2) is 6.85. The van der Waals surface area contributed by atoms with E-state index in [9.17, 15) is 4.79 Å². The maximum Gasteiger partial charge on any atom is 0.241 e. The highest BCUT2D eigenvalue weighted by atomic mass is 16.5. The van der Waals surface area contributed by atoms with Crippen LogP contribution in [0.2, 0.25) is 0 Å². The first kappa shape index (κ1) is 15.0. The molecule has 0 bridgehead atoms. The van der Waals surface area contributed by atoms with Gasteiger partial charge in [-0.15, -0.1) is 0 Å². The van der Waals surface area contributed by atoms with Gasteiger partial charge < -0.3 is 15.8 Å². The lowest BCUT2D eigenvalue weighted by Crippen LogP contribution is -2.39. The number of hydrogen-bond acceptors (Lipinski definition) is 4. The Labute approximate surface area is 124 Å². The quantitative estimate of drug-likeness (QED) is 0.885. The molecule has 1 amide bonds. The molecule has 2 aromatic rings. The van der Waals surface area contributed by atoms with Crippen molar-refractivity contribution in [3.05, 3.63) is 48.8 Å². The smallest absolute Gasteiger partial charge is 0.241 e. The number of benzene rings is 1. The Bertz CT molecular complexity index is 582. The molecule has 0 saturated heterocycles. The zero-order valence-corrected chi connectivity index (χ0v) is 12.1. The van der Waals surface area contributed by atoms with Crippen molar-refractivity contribution in [3.8, 4) is 11.5 Å². The van der Waals surface area contributed by atoms with Gasteiger partial charge in [0.05, 0.1) is 6.04 Å². The fourth-order valence-electron chi connectivity index (χ4n) is 1.68. The molecule has 21 heavy (non-hydrogen) atoms. The van der Waals surface area contributed by atoms with Gasteiger partial charge in [0.15, 0.2) is 0 Å². The number of nitrogens with two attached hydrogens (primary N) is 1. The van der Waals surface area contributed by atoms with Crippen molar-refractivity contribution in [2.75, 3.05) is 5.32 Å². The van der Waals surface area contributed by atoms with E-state index in [1.165, 1.54) is 0 Å². The summed E-state index contributed by atoms with van der Waals surface area (Å²) >= 11 is 0. The normalized spacial score (nSPS) is 12.0. The second-order valence-electron chi connectivity index (χ2n) is 5.07. The molecule has 1 heterocycles. The van der Waals surface area contributed by atoms with E-state index < -0.39 is 6.04 Å². The molecule has 2 rings (SSSR count). The lowest BCUT2D eigenvalue weighted by molar-refractivity contribution is -0.118. The van der Waals surface area contributed by atoms with Crippen molar-refractivity contribution in [1.29, 1.82) is 0 Å². The van der Waals surface area contributed by atoms with E-state index in [0.717, 1.165) is 0 Å². The summed E-state index contributed by atoms with van der Waals surface area (Å²) in [5.41, 5.74) is 6.49. The summed E-state index contributed by atoms with van der Waals surface area (Å²) in [5, 5.41) is 2.78. The highest BCUT2D eigenvalue weighted by molar-refractivity contribution is 5.94. The van der Waals surface area contributed by atoms with E-state index in [1.807, 2.05) is 13.8 Å². The maximum absolute atomic E-state index is 11.9. The van der Waals surface area contributed by atoms with E-state index in [1.54, 1.807) is 48.8 Å². The Morgan fingerprint density at radius 2 is 1.67 bits per heavy atom. The van der Waals surface area contributed by atoms with Gasteiger partial charge in [0.25, 0.3) is 0 Å². The third-order valence-electron chi connectivity index (χ3n) is 3.03. The third-order valence-corrected chi connectivity index (χ3v) is 3.03. The minimum absolute atomic E-state index is 0.0966. The SMILES string of the molecule is CC(C)[C@H](N)C(=O)Nc1ccc(Oc2ccncc2)cc1. The number of aromatic nitrogens is 1. The standard InChI is InChI=1S/C16H19N3O2/c1-11(2)15(17)16(20)19-12-3-5-13(6-4-12)21-14-7-9-18-10-8-14/h3-11,15H,17H2,1-2H3,(H,19,20)/t15-/m0/s1. The Kier molecular flexibility index (Phi) is 4.90. The Balaban J connectivity index is 1.98. The molecule has 3 N–H and O–H groups in total. The summed E-state index contributed by atoms with van der Waals surface area (Å²) in [6, 6.07) is 10.2. The highest BCUT2D eigenvalue weighted by Gasteiger charge is 2.16. The fourth-order valence-corrected chi connectivity index (χ4v) is 1.68. The van der Waals surface area contributed by atoms with E-state index in [0.29, 0.717) is 17.2 Å². The molecule has 0 radical (unpaired) electrons. The van der Waals surface area contributed by atoms with E-state index in [4.69, 9.17) is 10.5 Å². The van der Waals surface area contributed by atoms with Gasteiger partial charge >= 0.3 is 0 Å². The van der Waals surface area contributed by atoms with Crippen molar-refractivity contribution in [2.45, 2.75) is 19.9 Å². The second-order valence-corrected chi connectivity index (χ2v) is 5.07. The summed E-state index contributed by atoms with van der Waals surface area (Å²) in [6.45, 7) is 3.83. The lowest BCUT2D eigenvalue weighted by Gasteiger charge is -2.15. The minimum atomic E-state index is -0.516. The number of anilines is 1. The van der Waals surface area contributed by atoms with Crippen LogP contribution in [-0.4, -0.2) is 16.9 Å². The van der Waals surface area contributed by atoms with Crippen molar-refractivity contribution >= 4 is 11.6 Å². The van der Waals surface area contributed by atoms with Gasteiger partial charge in [0.1, 0.15) is 11.5 Å². The molecule has 0 fully saturated rings. The summed E-state index contributed by atoms with van der Waals surface area (Å²) < 4.78 is 5.65. The molecule has 0 aliphatic carbocycles. The number of hydrogen-bond donors (Lipinski definition) is 2. The van der Waals surface area contributed by atoms with Gasteiger partial charge in [-0.2, -0.15) is 0 Å². The van der Waals surface area contributed by atoms with Gasteiger partial charge in [-0.3, -0.25) is 9.78 Å². The average molecular weight is 285 g/mol. The third kappa shape index (κ3) is 4.29. The molecule has 1 atom stereocenters. The predicted molar refractivity (Wildman–Crippen MR) is 82.2 cm³/mol. The van der Waals surface area contributed by atoms with Crippen molar-refractivity contribution in [1.82, 2.24) is 4.98 Å². The zero-order valence-electron chi connectivity index (χ0n) is 12.1. The summed E-state index contributed by atoms with van der Waals surface area (Å²) in [4.78, 5) is 15.8. The Morgan fingerprint density at radius 3 is 2.24 bits per heavy atom. The van der Waals surface area contributed by atoms with Crippen LogP contribution in [-0.2, 0) is 4.79 Å². The molecule has 110 valence electrons. The van der Waals surface area contributed by atoms with Gasteiger partial charge in [-0.1, -0.05) is 13.8 Å². The number of rotatable bonds is 5. The Morgan fingerprint density at radius 1 is 1.10 bits per heavy atom. The van der Waals surface area contributed by atoms with Crippen LogP contribution in [0.3, 0.4) is 0 Å². The number of carbonyl (C=O) groups excluding carboxylic acids is 1. The van der Waals surface area contributed by atoms with Crippen LogP contribution < -0.4 is 15.8 Å². The number of amides is 1. The average Bonchev–Trinajstić information content (AvgIpc) is 2.49. The first-order valence-electron chi connectivity index (χ1n) is 6.80. The van der Waals surface area contributed by atoms with Crippen LogP contribution in [0.25, 0.3) is 0 Å². The Hall–Kier alpha value is -2.40. The number of nitrogens with one attached hydrogen (secondary N) is 1.